The van der Waals surface area contributed by atoms with Gasteiger partial charge in [0.15, 0.2) is 0 Å². The Labute approximate surface area is 117 Å². The lowest BCUT2D eigenvalue weighted by Crippen LogP contribution is -2.48. The van der Waals surface area contributed by atoms with Crippen molar-refractivity contribution >= 4 is 10.0 Å². The van der Waals surface area contributed by atoms with E-state index < -0.39 is 15.8 Å². The summed E-state index contributed by atoms with van der Waals surface area (Å²) in [5, 5.41) is 0. The molecule has 1 heterocycles. The molecule has 0 radical (unpaired) electrons. The molecule has 0 saturated carbocycles. The first-order valence-corrected chi connectivity index (χ1v) is 7.82. The van der Waals surface area contributed by atoms with Crippen molar-refractivity contribution in [3.8, 4) is 0 Å². The predicted molar refractivity (Wildman–Crippen MR) is 74.3 cm³/mol. The average molecular weight is 291 g/mol. The van der Waals surface area contributed by atoms with Crippen LogP contribution in [-0.2, 0) is 10.0 Å². The fourth-order valence-corrected chi connectivity index (χ4v) is 3.91. The minimum Gasteiger partial charge on any atom is -0.207 e. The first-order chi connectivity index (χ1) is 9.57. The van der Waals surface area contributed by atoms with E-state index in [2.05, 4.69) is 0 Å². The van der Waals surface area contributed by atoms with Crippen LogP contribution in [0.1, 0.15) is 11.5 Å². The lowest BCUT2D eigenvalue weighted by atomic mass is 9.94. The van der Waals surface area contributed by atoms with Crippen LogP contribution < -0.4 is 0 Å². The summed E-state index contributed by atoms with van der Waals surface area (Å²) < 4.78 is 39.1. The largest absolute Gasteiger partial charge is 0.243 e. The summed E-state index contributed by atoms with van der Waals surface area (Å²) in [6, 6.07) is 15.0. The molecule has 0 unspecified atom stereocenters. The second kappa shape index (κ2) is 5.00. The van der Waals surface area contributed by atoms with E-state index in [1.807, 2.05) is 30.3 Å². The molecule has 0 aliphatic carbocycles. The maximum absolute atomic E-state index is 13.1. The maximum atomic E-state index is 13.1. The van der Waals surface area contributed by atoms with Gasteiger partial charge in [0.2, 0.25) is 10.0 Å². The number of hydrogen-bond donors (Lipinski definition) is 0. The topological polar surface area (TPSA) is 37.4 Å². The lowest BCUT2D eigenvalue weighted by Gasteiger charge is -2.38. The molecule has 1 saturated heterocycles. The molecule has 0 amide bonds. The van der Waals surface area contributed by atoms with E-state index in [1.54, 1.807) is 0 Å². The third-order valence-electron chi connectivity index (χ3n) is 3.55. The van der Waals surface area contributed by atoms with Gasteiger partial charge in [-0.1, -0.05) is 36.4 Å². The normalized spacial score (nSPS) is 16.9. The first-order valence-electron chi connectivity index (χ1n) is 6.38. The molecule has 5 heteroatoms. The van der Waals surface area contributed by atoms with Crippen LogP contribution in [0.3, 0.4) is 0 Å². The number of hydrogen-bond acceptors (Lipinski definition) is 2. The third-order valence-corrected chi connectivity index (χ3v) is 5.38. The summed E-state index contributed by atoms with van der Waals surface area (Å²) >= 11 is 0. The molecular weight excluding hydrogens is 277 g/mol. The Bertz CT molecular complexity index is 710. The Balaban J connectivity index is 1.76. The molecule has 0 aromatic heterocycles. The highest BCUT2D eigenvalue weighted by Crippen LogP contribution is 2.31. The summed E-state index contributed by atoms with van der Waals surface area (Å²) in [4.78, 5) is 0.0176. The second-order valence-electron chi connectivity index (χ2n) is 4.89. The van der Waals surface area contributed by atoms with E-state index in [0.717, 1.165) is 11.6 Å². The Hall–Kier alpha value is -1.72. The highest BCUT2D eigenvalue weighted by molar-refractivity contribution is 7.89. The van der Waals surface area contributed by atoms with Crippen molar-refractivity contribution in [1.82, 2.24) is 4.31 Å². The zero-order chi connectivity index (χ0) is 14.2. The van der Waals surface area contributed by atoms with E-state index >= 15 is 0 Å². The first kappa shape index (κ1) is 13.3. The highest BCUT2D eigenvalue weighted by atomic mass is 32.2. The molecule has 0 atom stereocenters. The molecule has 2 aromatic rings. The van der Waals surface area contributed by atoms with Crippen LogP contribution in [0.15, 0.2) is 59.5 Å². The van der Waals surface area contributed by atoms with Crippen LogP contribution in [0.2, 0.25) is 0 Å². The van der Waals surface area contributed by atoms with Gasteiger partial charge >= 0.3 is 0 Å². The van der Waals surface area contributed by atoms with Gasteiger partial charge in [0.1, 0.15) is 5.82 Å². The van der Waals surface area contributed by atoms with Gasteiger partial charge < -0.3 is 0 Å². The fraction of sp³-hybridized carbons (Fsp3) is 0.200. The summed E-state index contributed by atoms with van der Waals surface area (Å²) in [7, 11) is -3.57. The van der Waals surface area contributed by atoms with E-state index in [-0.39, 0.29) is 10.8 Å². The molecule has 1 aliphatic heterocycles. The van der Waals surface area contributed by atoms with E-state index in [1.165, 1.54) is 22.5 Å². The number of rotatable bonds is 3. The van der Waals surface area contributed by atoms with Crippen molar-refractivity contribution in [2.24, 2.45) is 0 Å². The monoisotopic (exact) mass is 291 g/mol. The standard InChI is InChI=1S/C15H14FNO2S/c16-14-7-4-8-15(9-14)20(18,19)17-10-13(11-17)12-5-2-1-3-6-12/h1-9,13H,10-11H2. The van der Waals surface area contributed by atoms with E-state index in [4.69, 9.17) is 0 Å². The van der Waals surface area contributed by atoms with Crippen LogP contribution in [0, 0.1) is 5.82 Å². The van der Waals surface area contributed by atoms with Crippen molar-refractivity contribution in [1.29, 1.82) is 0 Å². The molecule has 1 fully saturated rings. The maximum Gasteiger partial charge on any atom is 0.243 e. The summed E-state index contributed by atoms with van der Waals surface area (Å²) in [5.41, 5.74) is 1.14. The van der Waals surface area contributed by atoms with E-state index in [0.29, 0.717) is 13.1 Å². The molecule has 104 valence electrons. The van der Waals surface area contributed by atoms with Crippen LogP contribution >= 0.6 is 0 Å². The molecule has 3 nitrogen and oxygen atoms in total. The highest BCUT2D eigenvalue weighted by Gasteiger charge is 2.37. The minimum atomic E-state index is -3.57. The predicted octanol–water partition coefficient (Wildman–Crippen LogP) is 2.61. The number of benzene rings is 2. The number of halogens is 1. The van der Waals surface area contributed by atoms with Gasteiger partial charge in [-0.25, -0.2) is 12.8 Å². The van der Waals surface area contributed by atoms with Crippen LogP contribution in [0.4, 0.5) is 4.39 Å². The number of nitrogens with zero attached hydrogens (tertiary/aromatic N) is 1. The lowest BCUT2D eigenvalue weighted by molar-refractivity contribution is 0.264. The molecule has 0 N–H and O–H groups in total. The molecule has 2 aromatic carbocycles. The fourth-order valence-electron chi connectivity index (χ4n) is 2.35. The van der Waals surface area contributed by atoms with Crippen molar-refractivity contribution in [2.75, 3.05) is 13.1 Å². The average Bonchev–Trinajstić information content (AvgIpc) is 2.38. The van der Waals surface area contributed by atoms with Gasteiger partial charge in [-0.15, -0.1) is 0 Å². The Morgan fingerprint density at radius 1 is 1.00 bits per heavy atom. The second-order valence-corrected chi connectivity index (χ2v) is 6.82. The van der Waals surface area contributed by atoms with E-state index in [9.17, 15) is 12.8 Å². The molecular formula is C15H14FNO2S. The van der Waals surface area contributed by atoms with Crippen molar-refractivity contribution in [3.05, 3.63) is 66.0 Å². The summed E-state index contributed by atoms with van der Waals surface area (Å²) in [6.45, 7) is 0.895. The van der Waals surface area contributed by atoms with Crippen LogP contribution in [0.5, 0.6) is 0 Å². The number of sulfonamides is 1. The smallest absolute Gasteiger partial charge is 0.207 e. The Morgan fingerprint density at radius 2 is 1.70 bits per heavy atom. The molecule has 0 bridgehead atoms. The van der Waals surface area contributed by atoms with Gasteiger partial charge in [0.05, 0.1) is 4.90 Å². The summed E-state index contributed by atoms with van der Waals surface area (Å²) in [5.74, 6) is -0.314. The molecule has 3 rings (SSSR count). The van der Waals surface area contributed by atoms with Gasteiger partial charge in [-0.05, 0) is 23.8 Å². The van der Waals surface area contributed by atoms with Gasteiger partial charge in [0.25, 0.3) is 0 Å². The van der Waals surface area contributed by atoms with Crippen molar-refractivity contribution in [2.45, 2.75) is 10.8 Å². The minimum absolute atomic E-state index is 0.0176. The third kappa shape index (κ3) is 2.34. The zero-order valence-corrected chi connectivity index (χ0v) is 11.6. The van der Waals surface area contributed by atoms with Crippen LogP contribution in [-0.4, -0.2) is 25.8 Å². The SMILES string of the molecule is O=S(=O)(c1cccc(F)c1)N1CC(c2ccccc2)C1. The van der Waals surface area contributed by atoms with Crippen LogP contribution in [0.25, 0.3) is 0 Å². The zero-order valence-electron chi connectivity index (χ0n) is 10.7. The van der Waals surface area contributed by atoms with Crippen molar-refractivity contribution in [3.63, 3.8) is 0 Å². The molecule has 20 heavy (non-hydrogen) atoms. The quantitative estimate of drug-likeness (QED) is 0.871. The Kier molecular flexibility index (Phi) is 3.31. The Morgan fingerprint density at radius 3 is 2.35 bits per heavy atom. The molecule has 1 aliphatic rings. The molecule has 0 spiro atoms. The van der Waals surface area contributed by atoms with Gasteiger partial charge in [-0.2, -0.15) is 4.31 Å². The van der Waals surface area contributed by atoms with Crippen molar-refractivity contribution < 1.29 is 12.8 Å². The van der Waals surface area contributed by atoms with Gasteiger partial charge in [0, 0.05) is 19.0 Å². The summed E-state index contributed by atoms with van der Waals surface area (Å²) in [6.07, 6.45) is 0. The van der Waals surface area contributed by atoms with Gasteiger partial charge in [-0.3, -0.25) is 0 Å².